The lowest BCUT2D eigenvalue weighted by Crippen LogP contribution is -2.33. The van der Waals surface area contributed by atoms with Gasteiger partial charge < -0.3 is 11.1 Å². The van der Waals surface area contributed by atoms with Gasteiger partial charge in [-0.25, -0.2) is 0 Å². The topological polar surface area (TPSA) is 98.3 Å². The molecule has 0 aromatic heterocycles. The predicted molar refractivity (Wildman–Crippen MR) is 71.8 cm³/mol. The Morgan fingerprint density at radius 1 is 1.47 bits per heavy atom. The van der Waals surface area contributed by atoms with Crippen LogP contribution < -0.4 is 11.1 Å². The van der Waals surface area contributed by atoms with Gasteiger partial charge >= 0.3 is 5.69 Å². The average Bonchev–Trinajstić information content (AvgIpc) is 2.73. The van der Waals surface area contributed by atoms with Gasteiger partial charge in [-0.2, -0.15) is 0 Å². The molecule has 2 rings (SSSR count). The summed E-state index contributed by atoms with van der Waals surface area (Å²) in [6.45, 7) is 2.13. The van der Waals surface area contributed by atoms with Gasteiger partial charge in [0, 0.05) is 6.04 Å². The van der Waals surface area contributed by atoms with Crippen molar-refractivity contribution in [2.45, 2.75) is 32.2 Å². The summed E-state index contributed by atoms with van der Waals surface area (Å²) in [4.78, 5) is 22.5. The minimum atomic E-state index is -0.610. The van der Waals surface area contributed by atoms with Gasteiger partial charge in [0.05, 0.1) is 4.92 Å². The molecule has 3 N–H and O–H groups in total. The van der Waals surface area contributed by atoms with Crippen LogP contribution in [0.4, 0.5) is 11.4 Å². The zero-order chi connectivity index (χ0) is 14.0. The highest BCUT2D eigenvalue weighted by atomic mass is 16.6. The number of nitrogens with one attached hydrogen (secondary N) is 1. The van der Waals surface area contributed by atoms with Crippen molar-refractivity contribution in [2.75, 3.05) is 5.73 Å². The minimum absolute atomic E-state index is 0.0115. The lowest BCUT2D eigenvalue weighted by atomic mass is 10.1. The Bertz CT molecular complexity index is 516. The van der Waals surface area contributed by atoms with Crippen molar-refractivity contribution < 1.29 is 9.72 Å². The molecule has 0 spiro atoms. The molecule has 6 heteroatoms. The van der Waals surface area contributed by atoms with Crippen LogP contribution in [0.15, 0.2) is 18.2 Å². The molecule has 1 aliphatic carbocycles. The number of amides is 1. The smallest absolute Gasteiger partial charge is 0.304 e. The number of anilines is 1. The number of benzene rings is 1. The van der Waals surface area contributed by atoms with E-state index in [4.69, 9.17) is 5.73 Å². The SMILES string of the molecule is CC1CCC(NC(=O)c2cccc(N)c2[N+](=O)[O-])C1. The van der Waals surface area contributed by atoms with Gasteiger partial charge in [0.25, 0.3) is 5.91 Å². The Morgan fingerprint density at radius 3 is 2.79 bits per heavy atom. The molecule has 6 nitrogen and oxygen atoms in total. The lowest BCUT2D eigenvalue weighted by Gasteiger charge is -2.12. The summed E-state index contributed by atoms with van der Waals surface area (Å²) in [5.74, 6) is 0.166. The van der Waals surface area contributed by atoms with E-state index >= 15 is 0 Å². The van der Waals surface area contributed by atoms with Crippen LogP contribution in [0.1, 0.15) is 36.5 Å². The van der Waals surface area contributed by atoms with Gasteiger partial charge in [-0.3, -0.25) is 14.9 Å². The van der Waals surface area contributed by atoms with E-state index in [-0.39, 0.29) is 23.0 Å². The fourth-order valence-electron chi connectivity index (χ4n) is 2.55. The molecule has 19 heavy (non-hydrogen) atoms. The first-order valence-electron chi connectivity index (χ1n) is 6.32. The van der Waals surface area contributed by atoms with Crippen LogP contribution in [-0.4, -0.2) is 16.9 Å². The molecule has 0 heterocycles. The van der Waals surface area contributed by atoms with Crippen molar-refractivity contribution in [3.05, 3.63) is 33.9 Å². The van der Waals surface area contributed by atoms with Gasteiger partial charge in [0.1, 0.15) is 11.3 Å². The van der Waals surface area contributed by atoms with Crippen LogP contribution in [0, 0.1) is 16.0 Å². The maximum absolute atomic E-state index is 12.1. The van der Waals surface area contributed by atoms with Gasteiger partial charge in [-0.1, -0.05) is 13.0 Å². The van der Waals surface area contributed by atoms with E-state index in [9.17, 15) is 14.9 Å². The maximum Gasteiger partial charge on any atom is 0.304 e. The first kappa shape index (κ1) is 13.3. The van der Waals surface area contributed by atoms with Crippen molar-refractivity contribution >= 4 is 17.3 Å². The van der Waals surface area contributed by atoms with Gasteiger partial charge in [0.15, 0.2) is 0 Å². The predicted octanol–water partition coefficient (Wildman–Crippen LogP) is 2.10. The van der Waals surface area contributed by atoms with Crippen molar-refractivity contribution in [1.29, 1.82) is 0 Å². The Hall–Kier alpha value is -2.11. The molecular weight excluding hydrogens is 246 g/mol. The van der Waals surface area contributed by atoms with E-state index in [1.165, 1.54) is 12.1 Å². The van der Waals surface area contributed by atoms with Crippen LogP contribution in [-0.2, 0) is 0 Å². The summed E-state index contributed by atoms with van der Waals surface area (Å²) >= 11 is 0. The Morgan fingerprint density at radius 2 is 2.21 bits per heavy atom. The molecule has 0 saturated heterocycles. The van der Waals surface area contributed by atoms with E-state index in [0.29, 0.717) is 5.92 Å². The molecule has 1 aliphatic rings. The third-order valence-electron chi connectivity index (χ3n) is 3.52. The zero-order valence-electron chi connectivity index (χ0n) is 10.8. The highest BCUT2D eigenvalue weighted by Crippen LogP contribution is 2.28. The molecule has 2 unspecified atom stereocenters. The molecule has 1 fully saturated rings. The second-order valence-corrected chi connectivity index (χ2v) is 5.09. The number of nitrogens with zero attached hydrogens (tertiary/aromatic N) is 1. The van der Waals surface area contributed by atoms with Crippen molar-refractivity contribution in [2.24, 2.45) is 5.92 Å². The summed E-state index contributed by atoms with van der Waals surface area (Å²) < 4.78 is 0. The minimum Gasteiger partial charge on any atom is -0.393 e. The molecule has 1 saturated carbocycles. The molecular formula is C13H17N3O3. The van der Waals surface area contributed by atoms with Crippen LogP contribution in [0.2, 0.25) is 0 Å². The van der Waals surface area contributed by atoms with Gasteiger partial charge in [-0.05, 0) is 37.3 Å². The first-order chi connectivity index (χ1) is 8.99. The molecule has 0 bridgehead atoms. The average molecular weight is 263 g/mol. The van der Waals surface area contributed by atoms with E-state index in [2.05, 4.69) is 12.2 Å². The Labute approximate surface area is 111 Å². The highest BCUT2D eigenvalue weighted by molar-refractivity contribution is 6.00. The molecule has 1 amide bonds. The number of hydrogen-bond acceptors (Lipinski definition) is 4. The lowest BCUT2D eigenvalue weighted by molar-refractivity contribution is -0.384. The number of nitro benzene ring substituents is 1. The normalized spacial score (nSPS) is 22.2. The number of para-hydroxylation sites is 1. The van der Waals surface area contributed by atoms with Crippen LogP contribution in [0.3, 0.4) is 0 Å². The number of rotatable bonds is 3. The number of nitrogen functional groups attached to an aromatic ring is 1. The fraction of sp³-hybridized carbons (Fsp3) is 0.462. The zero-order valence-corrected chi connectivity index (χ0v) is 10.8. The van der Waals surface area contributed by atoms with E-state index in [1.54, 1.807) is 6.07 Å². The van der Waals surface area contributed by atoms with E-state index < -0.39 is 10.8 Å². The summed E-state index contributed by atoms with van der Waals surface area (Å²) in [6, 6.07) is 4.51. The number of carbonyl (C=O) groups is 1. The number of hydrogen-bond donors (Lipinski definition) is 2. The highest BCUT2D eigenvalue weighted by Gasteiger charge is 2.27. The van der Waals surface area contributed by atoms with Crippen LogP contribution in [0.5, 0.6) is 0 Å². The second-order valence-electron chi connectivity index (χ2n) is 5.09. The van der Waals surface area contributed by atoms with Crippen molar-refractivity contribution in [3.8, 4) is 0 Å². The third kappa shape index (κ3) is 2.83. The Kier molecular flexibility index (Phi) is 3.69. The van der Waals surface area contributed by atoms with Gasteiger partial charge in [-0.15, -0.1) is 0 Å². The summed E-state index contributed by atoms with van der Waals surface area (Å²) in [6.07, 6.45) is 2.91. The fourth-order valence-corrected chi connectivity index (χ4v) is 2.55. The van der Waals surface area contributed by atoms with E-state index in [1.807, 2.05) is 0 Å². The number of nitrogens with two attached hydrogens (primary N) is 1. The molecule has 1 aromatic rings. The van der Waals surface area contributed by atoms with E-state index in [0.717, 1.165) is 19.3 Å². The largest absolute Gasteiger partial charge is 0.393 e. The maximum atomic E-state index is 12.1. The monoisotopic (exact) mass is 263 g/mol. The summed E-state index contributed by atoms with van der Waals surface area (Å²) in [7, 11) is 0. The molecule has 1 aromatic carbocycles. The van der Waals surface area contributed by atoms with Crippen LogP contribution >= 0.6 is 0 Å². The second kappa shape index (κ2) is 5.26. The quantitative estimate of drug-likeness (QED) is 0.495. The number of carbonyl (C=O) groups excluding carboxylic acids is 1. The van der Waals surface area contributed by atoms with Crippen molar-refractivity contribution in [3.63, 3.8) is 0 Å². The molecule has 102 valence electrons. The third-order valence-corrected chi connectivity index (χ3v) is 3.52. The standard InChI is InChI=1S/C13H17N3O3/c1-8-5-6-9(7-8)15-13(17)10-3-2-4-11(14)12(10)16(18)19/h2-4,8-9H,5-7,14H2,1H3,(H,15,17). The molecule has 2 atom stereocenters. The van der Waals surface area contributed by atoms with Crippen LogP contribution in [0.25, 0.3) is 0 Å². The molecule has 0 aliphatic heterocycles. The Balaban J connectivity index is 2.19. The van der Waals surface area contributed by atoms with Gasteiger partial charge in [0.2, 0.25) is 0 Å². The first-order valence-corrected chi connectivity index (χ1v) is 6.32. The number of nitro groups is 1. The molecule has 0 radical (unpaired) electrons. The summed E-state index contributed by atoms with van der Waals surface area (Å²) in [5, 5.41) is 13.8. The van der Waals surface area contributed by atoms with Crippen molar-refractivity contribution in [1.82, 2.24) is 5.32 Å². The summed E-state index contributed by atoms with van der Waals surface area (Å²) in [5.41, 5.74) is 5.30.